The minimum absolute atomic E-state index is 0.139. The maximum Gasteiger partial charge on any atom is 0.240 e. The van der Waals surface area contributed by atoms with Crippen LogP contribution in [0.3, 0.4) is 0 Å². The van der Waals surface area contributed by atoms with E-state index in [0.29, 0.717) is 5.91 Å². The Morgan fingerprint density at radius 3 is 2.50 bits per heavy atom. The second-order valence-electron chi connectivity index (χ2n) is 7.04. The first-order valence-corrected chi connectivity index (χ1v) is 9.57. The fourth-order valence-electron chi connectivity index (χ4n) is 3.98. The smallest absolute Gasteiger partial charge is 0.240 e. The van der Waals surface area contributed by atoms with Gasteiger partial charge in [0.15, 0.2) is 0 Å². The first-order chi connectivity index (χ1) is 11.8. The van der Waals surface area contributed by atoms with Gasteiger partial charge in [-0.3, -0.25) is 14.6 Å². The molecule has 0 aliphatic carbocycles. The third-order valence-electron chi connectivity index (χ3n) is 5.55. The summed E-state index contributed by atoms with van der Waals surface area (Å²) in [7, 11) is 0. The van der Waals surface area contributed by atoms with Crippen LogP contribution in [0.5, 0.6) is 0 Å². The summed E-state index contributed by atoms with van der Waals surface area (Å²) in [5.74, 6) is 0.374. The molecule has 0 radical (unpaired) electrons. The SMILES string of the molecule is CCN1CCCCC1C(=O)N1CCN(CCc2ccccc2)CC1. The van der Waals surface area contributed by atoms with Crippen molar-refractivity contribution in [2.24, 2.45) is 0 Å². The summed E-state index contributed by atoms with van der Waals surface area (Å²) in [4.78, 5) is 19.8. The van der Waals surface area contributed by atoms with Gasteiger partial charge in [0.1, 0.15) is 0 Å². The summed E-state index contributed by atoms with van der Waals surface area (Å²) >= 11 is 0. The summed E-state index contributed by atoms with van der Waals surface area (Å²) in [6.45, 7) is 9.15. The largest absolute Gasteiger partial charge is 0.339 e. The van der Waals surface area contributed by atoms with Gasteiger partial charge in [0, 0.05) is 32.7 Å². The van der Waals surface area contributed by atoms with E-state index in [-0.39, 0.29) is 6.04 Å². The van der Waals surface area contributed by atoms with Gasteiger partial charge in [0.2, 0.25) is 5.91 Å². The van der Waals surface area contributed by atoms with Crippen LogP contribution in [0.4, 0.5) is 0 Å². The van der Waals surface area contributed by atoms with E-state index in [1.165, 1.54) is 18.4 Å². The fourth-order valence-corrected chi connectivity index (χ4v) is 3.98. The molecular formula is C20H31N3O. The van der Waals surface area contributed by atoms with Crippen molar-refractivity contribution in [1.29, 1.82) is 0 Å². The topological polar surface area (TPSA) is 26.8 Å². The second-order valence-corrected chi connectivity index (χ2v) is 7.04. The van der Waals surface area contributed by atoms with Crippen LogP contribution in [-0.2, 0) is 11.2 Å². The molecule has 132 valence electrons. The zero-order valence-electron chi connectivity index (χ0n) is 15.0. The Labute approximate surface area is 146 Å². The summed E-state index contributed by atoms with van der Waals surface area (Å²) in [5, 5.41) is 0. The molecule has 2 heterocycles. The summed E-state index contributed by atoms with van der Waals surface area (Å²) in [6, 6.07) is 10.8. The third kappa shape index (κ3) is 4.37. The molecule has 1 atom stereocenters. The highest BCUT2D eigenvalue weighted by atomic mass is 16.2. The van der Waals surface area contributed by atoms with E-state index in [4.69, 9.17) is 0 Å². The van der Waals surface area contributed by atoms with Crippen LogP contribution in [-0.4, -0.2) is 72.5 Å². The number of nitrogens with zero attached hydrogens (tertiary/aromatic N) is 3. The predicted octanol–water partition coefficient (Wildman–Crippen LogP) is 2.25. The number of piperazine rings is 1. The van der Waals surface area contributed by atoms with Gasteiger partial charge in [0.25, 0.3) is 0 Å². The molecule has 0 aromatic heterocycles. The van der Waals surface area contributed by atoms with Gasteiger partial charge in [-0.05, 0) is 37.9 Å². The molecule has 4 nitrogen and oxygen atoms in total. The molecule has 0 spiro atoms. The molecule has 4 heteroatoms. The minimum Gasteiger partial charge on any atom is -0.339 e. The molecule has 1 aromatic carbocycles. The molecule has 0 N–H and O–H groups in total. The van der Waals surface area contributed by atoms with Gasteiger partial charge in [-0.2, -0.15) is 0 Å². The lowest BCUT2D eigenvalue weighted by Gasteiger charge is -2.40. The molecule has 2 fully saturated rings. The molecule has 1 unspecified atom stereocenters. The van der Waals surface area contributed by atoms with Crippen LogP contribution in [0.1, 0.15) is 31.7 Å². The lowest BCUT2D eigenvalue weighted by atomic mass is 10.0. The van der Waals surface area contributed by atoms with E-state index in [1.807, 2.05) is 0 Å². The van der Waals surface area contributed by atoms with Crippen molar-refractivity contribution in [3.63, 3.8) is 0 Å². The first kappa shape index (κ1) is 17.4. The van der Waals surface area contributed by atoms with Crippen molar-refractivity contribution in [1.82, 2.24) is 14.7 Å². The molecular weight excluding hydrogens is 298 g/mol. The van der Waals surface area contributed by atoms with Crippen molar-refractivity contribution >= 4 is 5.91 Å². The molecule has 1 aromatic rings. The average molecular weight is 329 g/mol. The number of piperidine rings is 1. The molecule has 0 bridgehead atoms. The van der Waals surface area contributed by atoms with Crippen molar-refractivity contribution in [3.8, 4) is 0 Å². The number of benzene rings is 1. The lowest BCUT2D eigenvalue weighted by Crippen LogP contribution is -2.56. The van der Waals surface area contributed by atoms with Crippen LogP contribution < -0.4 is 0 Å². The quantitative estimate of drug-likeness (QED) is 0.829. The second kappa shape index (κ2) is 8.63. The van der Waals surface area contributed by atoms with Gasteiger partial charge < -0.3 is 4.90 Å². The van der Waals surface area contributed by atoms with Crippen LogP contribution in [0.15, 0.2) is 30.3 Å². The van der Waals surface area contributed by atoms with E-state index < -0.39 is 0 Å². The molecule has 2 aliphatic rings. The molecule has 24 heavy (non-hydrogen) atoms. The molecule has 2 saturated heterocycles. The van der Waals surface area contributed by atoms with Crippen LogP contribution >= 0.6 is 0 Å². The Bertz CT molecular complexity index is 511. The maximum absolute atomic E-state index is 12.9. The van der Waals surface area contributed by atoms with Gasteiger partial charge in [-0.25, -0.2) is 0 Å². The predicted molar refractivity (Wildman–Crippen MR) is 98.1 cm³/mol. The highest BCUT2D eigenvalue weighted by Gasteiger charge is 2.32. The molecule has 2 aliphatic heterocycles. The van der Waals surface area contributed by atoms with Gasteiger partial charge in [-0.1, -0.05) is 43.7 Å². The van der Waals surface area contributed by atoms with Gasteiger partial charge >= 0.3 is 0 Å². The summed E-state index contributed by atoms with van der Waals surface area (Å²) < 4.78 is 0. The average Bonchev–Trinajstić information content (AvgIpc) is 2.67. The van der Waals surface area contributed by atoms with Crippen molar-refractivity contribution in [2.45, 2.75) is 38.6 Å². The zero-order chi connectivity index (χ0) is 16.8. The highest BCUT2D eigenvalue weighted by molar-refractivity contribution is 5.82. The molecule has 1 amide bonds. The summed E-state index contributed by atoms with van der Waals surface area (Å²) in [5.41, 5.74) is 1.40. The number of likely N-dealkylation sites (N-methyl/N-ethyl adjacent to an activating group) is 1. The number of amides is 1. The number of hydrogen-bond acceptors (Lipinski definition) is 3. The number of rotatable bonds is 5. The summed E-state index contributed by atoms with van der Waals surface area (Å²) in [6.07, 6.45) is 4.58. The van der Waals surface area contributed by atoms with Crippen molar-refractivity contribution in [3.05, 3.63) is 35.9 Å². The Hall–Kier alpha value is -1.39. The Kier molecular flexibility index (Phi) is 6.27. The third-order valence-corrected chi connectivity index (χ3v) is 5.55. The first-order valence-electron chi connectivity index (χ1n) is 9.57. The van der Waals surface area contributed by atoms with Crippen molar-refractivity contribution < 1.29 is 4.79 Å². The molecule has 3 rings (SSSR count). The number of hydrogen-bond donors (Lipinski definition) is 0. The minimum atomic E-state index is 0.139. The van der Waals surface area contributed by atoms with Crippen LogP contribution in [0.2, 0.25) is 0 Å². The fraction of sp³-hybridized carbons (Fsp3) is 0.650. The number of likely N-dealkylation sites (tertiary alicyclic amines) is 1. The highest BCUT2D eigenvalue weighted by Crippen LogP contribution is 2.19. The maximum atomic E-state index is 12.9. The zero-order valence-corrected chi connectivity index (χ0v) is 15.0. The monoisotopic (exact) mass is 329 g/mol. The normalized spacial score (nSPS) is 23.4. The lowest BCUT2D eigenvalue weighted by molar-refractivity contribution is -0.140. The number of carbonyl (C=O) groups excluding carboxylic acids is 1. The van der Waals surface area contributed by atoms with E-state index >= 15 is 0 Å². The van der Waals surface area contributed by atoms with Crippen LogP contribution in [0.25, 0.3) is 0 Å². The van der Waals surface area contributed by atoms with E-state index in [0.717, 1.165) is 58.7 Å². The van der Waals surface area contributed by atoms with Gasteiger partial charge in [-0.15, -0.1) is 0 Å². The van der Waals surface area contributed by atoms with Crippen LogP contribution in [0, 0.1) is 0 Å². The van der Waals surface area contributed by atoms with E-state index in [1.54, 1.807) is 0 Å². The standard InChI is InChI=1S/C20H31N3O/c1-2-22-12-7-6-10-19(22)20(24)23-16-14-21(15-17-23)13-11-18-8-4-3-5-9-18/h3-5,8-9,19H,2,6-7,10-17H2,1H3. The Balaban J connectivity index is 1.45. The van der Waals surface area contributed by atoms with E-state index in [9.17, 15) is 4.79 Å². The number of carbonyl (C=O) groups is 1. The Morgan fingerprint density at radius 1 is 1.04 bits per heavy atom. The van der Waals surface area contributed by atoms with E-state index in [2.05, 4.69) is 52.0 Å². The molecule has 0 saturated carbocycles. The van der Waals surface area contributed by atoms with Crippen molar-refractivity contribution in [2.75, 3.05) is 45.8 Å². The van der Waals surface area contributed by atoms with Gasteiger partial charge in [0.05, 0.1) is 6.04 Å². The Morgan fingerprint density at radius 2 is 1.79 bits per heavy atom.